The van der Waals surface area contributed by atoms with Crippen LogP contribution in [0.4, 0.5) is 0 Å². The van der Waals surface area contributed by atoms with Gasteiger partial charge in [0.05, 0.1) is 12.5 Å². The average molecular weight is 164 g/mol. The first-order chi connectivity index (χ1) is 5.74. The Morgan fingerprint density at radius 1 is 1.58 bits per heavy atom. The largest absolute Gasteiger partial charge is 0.326 e. The van der Waals surface area contributed by atoms with E-state index in [-0.39, 0.29) is 6.04 Å². The second-order valence-electron chi connectivity index (χ2n) is 2.69. The zero-order chi connectivity index (χ0) is 9.40. The van der Waals surface area contributed by atoms with Gasteiger partial charge in [0, 0.05) is 6.04 Å². The fourth-order valence-corrected chi connectivity index (χ4v) is 0.988. The van der Waals surface area contributed by atoms with Crippen molar-refractivity contribution in [1.82, 2.24) is 0 Å². The molecule has 1 atom stereocenters. The number of rotatable bonds is 4. The molecule has 66 valence electrons. The summed E-state index contributed by atoms with van der Waals surface area (Å²) in [5.41, 5.74) is 6.89. The molecule has 0 aromatic rings. The van der Waals surface area contributed by atoms with Gasteiger partial charge in [-0.15, -0.1) is 0 Å². The highest BCUT2D eigenvalue weighted by atomic mass is 14.6. The topological polar surface area (TPSA) is 49.8 Å². The molecular formula is C10H16N2. The first-order valence-corrected chi connectivity index (χ1v) is 4.15. The van der Waals surface area contributed by atoms with Gasteiger partial charge in [-0.25, -0.2) is 0 Å². The SMILES string of the molecule is C/C=C\C(=C/C)CC(N)CC#N. The minimum absolute atomic E-state index is 0.0302. The van der Waals surface area contributed by atoms with E-state index in [4.69, 9.17) is 11.0 Å². The van der Waals surface area contributed by atoms with E-state index in [9.17, 15) is 0 Å². The van der Waals surface area contributed by atoms with E-state index < -0.39 is 0 Å². The van der Waals surface area contributed by atoms with E-state index in [1.165, 1.54) is 5.57 Å². The maximum absolute atomic E-state index is 8.38. The van der Waals surface area contributed by atoms with Gasteiger partial charge >= 0.3 is 0 Å². The fourth-order valence-electron chi connectivity index (χ4n) is 0.988. The summed E-state index contributed by atoms with van der Waals surface area (Å²) in [6.07, 6.45) is 7.24. The van der Waals surface area contributed by atoms with Gasteiger partial charge in [-0.3, -0.25) is 0 Å². The molecule has 12 heavy (non-hydrogen) atoms. The van der Waals surface area contributed by atoms with E-state index in [1.54, 1.807) is 0 Å². The molecule has 0 spiro atoms. The molecule has 0 amide bonds. The second-order valence-corrected chi connectivity index (χ2v) is 2.69. The van der Waals surface area contributed by atoms with Crippen LogP contribution in [0.3, 0.4) is 0 Å². The normalized spacial score (nSPS) is 14.7. The molecule has 0 aromatic carbocycles. The van der Waals surface area contributed by atoms with Gasteiger partial charge in [-0.05, 0) is 20.3 Å². The van der Waals surface area contributed by atoms with E-state index in [2.05, 4.69) is 6.07 Å². The Labute approximate surface area is 74.4 Å². The predicted octanol–water partition coefficient (Wildman–Crippen LogP) is 2.14. The van der Waals surface area contributed by atoms with Crippen molar-refractivity contribution >= 4 is 0 Å². The first-order valence-electron chi connectivity index (χ1n) is 4.15. The van der Waals surface area contributed by atoms with Crippen LogP contribution in [0, 0.1) is 11.3 Å². The molecule has 2 heteroatoms. The minimum Gasteiger partial charge on any atom is -0.326 e. The van der Waals surface area contributed by atoms with E-state index in [0.717, 1.165) is 6.42 Å². The Morgan fingerprint density at radius 3 is 2.67 bits per heavy atom. The van der Waals surface area contributed by atoms with Crippen molar-refractivity contribution in [1.29, 1.82) is 5.26 Å². The Hall–Kier alpha value is -1.07. The summed E-state index contributed by atoms with van der Waals surface area (Å²) in [6, 6.07) is 2.03. The van der Waals surface area contributed by atoms with Gasteiger partial charge in [0.2, 0.25) is 0 Å². The monoisotopic (exact) mass is 164 g/mol. The smallest absolute Gasteiger partial charge is 0.0638 e. The lowest BCUT2D eigenvalue weighted by Gasteiger charge is -2.06. The molecule has 0 aliphatic carbocycles. The molecule has 0 saturated carbocycles. The van der Waals surface area contributed by atoms with Crippen LogP contribution in [0.1, 0.15) is 26.7 Å². The number of hydrogen-bond acceptors (Lipinski definition) is 2. The van der Waals surface area contributed by atoms with Crippen LogP contribution >= 0.6 is 0 Å². The summed E-state index contributed by atoms with van der Waals surface area (Å²) in [5, 5.41) is 8.38. The van der Waals surface area contributed by atoms with E-state index in [1.807, 2.05) is 32.1 Å². The summed E-state index contributed by atoms with van der Waals surface area (Å²) in [6.45, 7) is 3.95. The molecule has 2 N–H and O–H groups in total. The van der Waals surface area contributed by atoms with Crippen molar-refractivity contribution < 1.29 is 0 Å². The highest BCUT2D eigenvalue weighted by Crippen LogP contribution is 2.07. The van der Waals surface area contributed by atoms with Gasteiger partial charge < -0.3 is 5.73 Å². The molecule has 0 aromatic heterocycles. The molecule has 0 aliphatic rings. The molecule has 0 radical (unpaired) electrons. The van der Waals surface area contributed by atoms with Crippen molar-refractivity contribution in [3.63, 3.8) is 0 Å². The van der Waals surface area contributed by atoms with Gasteiger partial charge in [-0.1, -0.05) is 23.8 Å². The number of allylic oxidation sites excluding steroid dienone is 3. The third-order valence-electron chi connectivity index (χ3n) is 1.60. The lowest BCUT2D eigenvalue weighted by molar-refractivity contribution is 0.687. The lowest BCUT2D eigenvalue weighted by atomic mass is 10.0. The second kappa shape index (κ2) is 6.63. The highest BCUT2D eigenvalue weighted by molar-refractivity contribution is 5.18. The summed E-state index contributed by atoms with van der Waals surface area (Å²) < 4.78 is 0. The van der Waals surface area contributed by atoms with Crippen molar-refractivity contribution in [3.05, 3.63) is 23.8 Å². The van der Waals surface area contributed by atoms with E-state index in [0.29, 0.717) is 6.42 Å². The molecule has 0 aliphatic heterocycles. The number of nitrogens with zero attached hydrogens (tertiary/aromatic N) is 1. The molecule has 0 fully saturated rings. The third-order valence-corrected chi connectivity index (χ3v) is 1.60. The molecule has 0 bridgehead atoms. The minimum atomic E-state index is -0.0302. The molecule has 0 heterocycles. The summed E-state index contributed by atoms with van der Waals surface area (Å²) in [4.78, 5) is 0. The quantitative estimate of drug-likeness (QED) is 0.647. The molecule has 2 nitrogen and oxygen atoms in total. The van der Waals surface area contributed by atoms with Crippen LogP contribution in [0.2, 0.25) is 0 Å². The molecule has 1 unspecified atom stereocenters. The zero-order valence-corrected chi connectivity index (χ0v) is 7.75. The summed E-state index contributed by atoms with van der Waals surface area (Å²) in [5.74, 6) is 0. The third kappa shape index (κ3) is 4.70. The summed E-state index contributed by atoms with van der Waals surface area (Å²) >= 11 is 0. The van der Waals surface area contributed by atoms with E-state index >= 15 is 0 Å². The standard InChI is InChI=1S/C10H16N2/c1-3-5-9(4-2)8-10(12)6-7-11/h3-5,10H,6,8,12H2,1-2H3/b5-3-,9-4+. The highest BCUT2D eigenvalue weighted by Gasteiger charge is 2.02. The number of nitriles is 1. The predicted molar refractivity (Wildman–Crippen MR) is 51.4 cm³/mol. The van der Waals surface area contributed by atoms with Crippen LogP contribution in [-0.2, 0) is 0 Å². The van der Waals surface area contributed by atoms with Crippen LogP contribution in [0.25, 0.3) is 0 Å². The zero-order valence-electron chi connectivity index (χ0n) is 7.75. The maximum Gasteiger partial charge on any atom is 0.0638 e. The lowest BCUT2D eigenvalue weighted by Crippen LogP contribution is -2.19. The van der Waals surface area contributed by atoms with Gasteiger partial charge in [0.15, 0.2) is 0 Å². The Balaban J connectivity index is 3.97. The Morgan fingerprint density at radius 2 is 2.25 bits per heavy atom. The van der Waals surface area contributed by atoms with Gasteiger partial charge in [-0.2, -0.15) is 5.26 Å². The molecule has 0 rings (SSSR count). The van der Waals surface area contributed by atoms with Gasteiger partial charge in [0.25, 0.3) is 0 Å². The van der Waals surface area contributed by atoms with Crippen molar-refractivity contribution in [2.24, 2.45) is 5.73 Å². The van der Waals surface area contributed by atoms with Crippen molar-refractivity contribution in [3.8, 4) is 6.07 Å². The Kier molecular flexibility index (Phi) is 6.04. The average Bonchev–Trinajstić information content (AvgIpc) is 2.04. The number of nitrogens with two attached hydrogens (primary N) is 1. The molecular weight excluding hydrogens is 148 g/mol. The first kappa shape index (κ1) is 10.9. The van der Waals surface area contributed by atoms with Crippen LogP contribution < -0.4 is 5.73 Å². The summed E-state index contributed by atoms with van der Waals surface area (Å²) in [7, 11) is 0. The van der Waals surface area contributed by atoms with Crippen LogP contribution in [0.15, 0.2) is 23.8 Å². The van der Waals surface area contributed by atoms with Gasteiger partial charge in [0.1, 0.15) is 0 Å². The molecule has 0 saturated heterocycles. The maximum atomic E-state index is 8.38. The van der Waals surface area contributed by atoms with Crippen molar-refractivity contribution in [2.75, 3.05) is 0 Å². The van der Waals surface area contributed by atoms with Crippen LogP contribution in [-0.4, -0.2) is 6.04 Å². The van der Waals surface area contributed by atoms with Crippen LogP contribution in [0.5, 0.6) is 0 Å². The number of hydrogen-bond donors (Lipinski definition) is 1. The van der Waals surface area contributed by atoms with Crippen molar-refractivity contribution in [2.45, 2.75) is 32.7 Å². The fraction of sp³-hybridized carbons (Fsp3) is 0.500. The Bertz CT molecular complexity index is 208.